The summed E-state index contributed by atoms with van der Waals surface area (Å²) in [7, 11) is 0. The molecule has 0 radical (unpaired) electrons. The highest BCUT2D eigenvalue weighted by Gasteiger charge is 2.32. The summed E-state index contributed by atoms with van der Waals surface area (Å²) in [6.07, 6.45) is 10.3. The Morgan fingerprint density at radius 2 is 1.90 bits per heavy atom. The normalized spacial score (nSPS) is 22.5. The summed E-state index contributed by atoms with van der Waals surface area (Å²) in [5.74, 6) is 2.96. The quantitative estimate of drug-likeness (QED) is 0.709. The Labute approximate surface area is 179 Å². The fourth-order valence-electron chi connectivity index (χ4n) is 4.97. The number of anilines is 1. The molecule has 0 aromatic carbocycles. The fraction of sp³-hybridized carbons (Fsp3) is 0.667. The third kappa shape index (κ3) is 4.28. The largest absolute Gasteiger partial charge is 0.342 e. The number of allylic oxidation sites excluding steroid dienone is 2. The Morgan fingerprint density at radius 1 is 1.13 bits per heavy atom. The molecule has 2 aliphatic heterocycles. The molecule has 4 rings (SSSR count). The van der Waals surface area contributed by atoms with Crippen molar-refractivity contribution in [1.29, 1.82) is 0 Å². The van der Waals surface area contributed by atoms with Gasteiger partial charge in [-0.1, -0.05) is 26.0 Å². The van der Waals surface area contributed by atoms with Gasteiger partial charge >= 0.3 is 0 Å². The minimum absolute atomic E-state index is 0.157. The summed E-state index contributed by atoms with van der Waals surface area (Å²) < 4.78 is 0. The zero-order valence-electron chi connectivity index (χ0n) is 18.6. The molecule has 162 valence electrons. The smallest absolute Gasteiger partial charge is 0.228 e. The molecular weight excluding hydrogens is 376 g/mol. The number of fused-ring (bicyclic) bond motifs is 1. The van der Waals surface area contributed by atoms with Gasteiger partial charge in [0.15, 0.2) is 0 Å². The second-order valence-corrected chi connectivity index (χ2v) is 9.45. The van der Waals surface area contributed by atoms with Gasteiger partial charge in [0.1, 0.15) is 11.6 Å². The van der Waals surface area contributed by atoms with E-state index in [1.165, 1.54) is 0 Å². The molecule has 30 heavy (non-hydrogen) atoms. The van der Waals surface area contributed by atoms with Crippen molar-refractivity contribution in [3.63, 3.8) is 0 Å². The average Bonchev–Trinajstić information content (AvgIpc) is 2.75. The number of piperidine rings is 1. The predicted octanol–water partition coefficient (Wildman–Crippen LogP) is 3.78. The molecule has 2 amide bonds. The summed E-state index contributed by atoms with van der Waals surface area (Å²) in [6, 6.07) is 0. The molecule has 0 N–H and O–H groups in total. The van der Waals surface area contributed by atoms with E-state index in [1.54, 1.807) is 0 Å². The number of carbonyl (C=O) groups is 2. The molecule has 0 bridgehead atoms. The van der Waals surface area contributed by atoms with E-state index in [1.807, 2.05) is 16.7 Å². The van der Waals surface area contributed by atoms with Gasteiger partial charge in [-0.05, 0) is 51.4 Å². The molecular formula is C24H34N4O2. The number of rotatable bonds is 4. The molecule has 6 heteroatoms. The molecule has 1 aliphatic carbocycles. The van der Waals surface area contributed by atoms with Gasteiger partial charge in [0.05, 0.1) is 0 Å². The first kappa shape index (κ1) is 21.0. The Balaban J connectivity index is 1.48. The maximum absolute atomic E-state index is 12.8. The molecule has 0 saturated carbocycles. The van der Waals surface area contributed by atoms with Crippen LogP contribution in [0.3, 0.4) is 0 Å². The van der Waals surface area contributed by atoms with Crippen molar-refractivity contribution in [1.82, 2.24) is 14.9 Å². The van der Waals surface area contributed by atoms with Crippen molar-refractivity contribution in [2.45, 2.75) is 71.6 Å². The Bertz CT molecular complexity index is 840. The highest BCUT2D eigenvalue weighted by molar-refractivity contribution is 5.95. The zero-order chi connectivity index (χ0) is 21.3. The number of nitrogens with zero attached hydrogens (tertiary/aromatic N) is 4. The van der Waals surface area contributed by atoms with E-state index in [4.69, 9.17) is 9.97 Å². The molecule has 3 aliphatic rings. The standard InChI is InChI=1S/C24H34N4O2/c1-16(2)15-28-21(29)10-9-20-17(3)25-22(26-23(20)28)18-11-13-27(14-12-18)24(30)19-7-5-4-6-8-19/h4-5,16,18-19H,6-15H2,1-3H3. The van der Waals surface area contributed by atoms with Gasteiger partial charge in [-0.15, -0.1) is 0 Å². The second kappa shape index (κ2) is 8.86. The fourth-order valence-corrected chi connectivity index (χ4v) is 4.97. The van der Waals surface area contributed by atoms with Crippen molar-refractivity contribution >= 4 is 17.6 Å². The molecule has 1 atom stereocenters. The highest BCUT2D eigenvalue weighted by atomic mass is 16.2. The third-order valence-corrected chi connectivity index (χ3v) is 6.69. The molecule has 6 nitrogen and oxygen atoms in total. The molecule has 0 spiro atoms. The maximum Gasteiger partial charge on any atom is 0.228 e. The van der Waals surface area contributed by atoms with Crippen LogP contribution in [0.25, 0.3) is 0 Å². The van der Waals surface area contributed by atoms with Crippen LogP contribution in [0.5, 0.6) is 0 Å². The van der Waals surface area contributed by atoms with E-state index in [-0.39, 0.29) is 17.7 Å². The molecule has 1 aromatic rings. The van der Waals surface area contributed by atoms with Crippen molar-refractivity contribution in [3.05, 3.63) is 29.2 Å². The van der Waals surface area contributed by atoms with Gasteiger partial charge in [0.25, 0.3) is 0 Å². The van der Waals surface area contributed by atoms with Crippen LogP contribution in [0.4, 0.5) is 5.82 Å². The first-order chi connectivity index (χ1) is 14.4. The van der Waals surface area contributed by atoms with Crippen molar-refractivity contribution in [2.75, 3.05) is 24.5 Å². The van der Waals surface area contributed by atoms with Crippen molar-refractivity contribution in [2.24, 2.45) is 11.8 Å². The number of aryl methyl sites for hydroxylation is 1. The first-order valence-electron chi connectivity index (χ1n) is 11.6. The monoisotopic (exact) mass is 410 g/mol. The van der Waals surface area contributed by atoms with Gasteiger partial charge in [0, 0.05) is 49.1 Å². The van der Waals surface area contributed by atoms with E-state index >= 15 is 0 Å². The van der Waals surface area contributed by atoms with Gasteiger partial charge < -0.3 is 4.90 Å². The van der Waals surface area contributed by atoms with E-state index in [9.17, 15) is 9.59 Å². The minimum Gasteiger partial charge on any atom is -0.342 e. The van der Waals surface area contributed by atoms with Crippen LogP contribution >= 0.6 is 0 Å². The molecule has 1 fully saturated rings. The summed E-state index contributed by atoms with van der Waals surface area (Å²) in [6.45, 7) is 8.56. The summed E-state index contributed by atoms with van der Waals surface area (Å²) >= 11 is 0. The molecule has 3 heterocycles. The van der Waals surface area contributed by atoms with Crippen LogP contribution < -0.4 is 4.90 Å². The number of hydrogen-bond donors (Lipinski definition) is 0. The number of hydrogen-bond acceptors (Lipinski definition) is 4. The van der Waals surface area contributed by atoms with E-state index in [0.29, 0.717) is 24.8 Å². The van der Waals surface area contributed by atoms with Crippen LogP contribution in [0.15, 0.2) is 12.2 Å². The third-order valence-electron chi connectivity index (χ3n) is 6.69. The summed E-state index contributed by atoms with van der Waals surface area (Å²) in [5.41, 5.74) is 2.13. The zero-order valence-corrected chi connectivity index (χ0v) is 18.6. The van der Waals surface area contributed by atoms with Gasteiger partial charge in [0.2, 0.25) is 11.8 Å². The van der Waals surface area contributed by atoms with Gasteiger partial charge in [-0.25, -0.2) is 9.97 Å². The van der Waals surface area contributed by atoms with Crippen molar-refractivity contribution in [3.8, 4) is 0 Å². The maximum atomic E-state index is 12.8. The van der Waals surface area contributed by atoms with Crippen LogP contribution in [-0.4, -0.2) is 46.3 Å². The van der Waals surface area contributed by atoms with Crippen LogP contribution in [0.2, 0.25) is 0 Å². The lowest BCUT2D eigenvalue weighted by Gasteiger charge is -2.35. The lowest BCUT2D eigenvalue weighted by Crippen LogP contribution is -2.42. The minimum atomic E-state index is 0.157. The average molecular weight is 411 g/mol. The van der Waals surface area contributed by atoms with Crippen molar-refractivity contribution < 1.29 is 9.59 Å². The van der Waals surface area contributed by atoms with E-state index < -0.39 is 0 Å². The van der Waals surface area contributed by atoms with E-state index in [0.717, 1.165) is 74.5 Å². The van der Waals surface area contributed by atoms with Crippen LogP contribution in [-0.2, 0) is 16.0 Å². The highest BCUT2D eigenvalue weighted by Crippen LogP contribution is 2.33. The topological polar surface area (TPSA) is 66.4 Å². The summed E-state index contributed by atoms with van der Waals surface area (Å²) in [4.78, 5) is 39.1. The Hall–Kier alpha value is -2.24. The molecule has 1 aromatic heterocycles. The first-order valence-corrected chi connectivity index (χ1v) is 11.6. The SMILES string of the molecule is Cc1nc(C2CCN(C(=O)C3CC=CCC3)CC2)nc2c1CCC(=O)N2CC(C)C. The molecule has 1 saturated heterocycles. The molecule has 1 unspecified atom stereocenters. The Morgan fingerprint density at radius 3 is 2.57 bits per heavy atom. The van der Waals surface area contributed by atoms with Gasteiger partial charge in [-0.3, -0.25) is 14.5 Å². The lowest BCUT2D eigenvalue weighted by molar-refractivity contribution is -0.136. The Kier molecular flexibility index (Phi) is 6.21. The van der Waals surface area contributed by atoms with Gasteiger partial charge in [-0.2, -0.15) is 0 Å². The predicted molar refractivity (Wildman–Crippen MR) is 117 cm³/mol. The number of carbonyl (C=O) groups excluding carboxylic acids is 2. The van der Waals surface area contributed by atoms with Crippen LogP contribution in [0.1, 0.15) is 75.4 Å². The number of amides is 2. The summed E-state index contributed by atoms with van der Waals surface area (Å²) in [5, 5.41) is 0. The lowest BCUT2D eigenvalue weighted by atomic mass is 9.90. The number of likely N-dealkylation sites (tertiary alicyclic amines) is 1. The second-order valence-electron chi connectivity index (χ2n) is 9.45. The van der Waals surface area contributed by atoms with E-state index in [2.05, 4.69) is 26.0 Å². The number of aromatic nitrogens is 2. The van der Waals surface area contributed by atoms with Crippen LogP contribution in [0, 0.1) is 18.8 Å².